The first-order chi connectivity index (χ1) is 6.84. The zero-order valence-electron chi connectivity index (χ0n) is 9.26. The zero-order valence-corrected chi connectivity index (χ0v) is 9.26. The molecule has 2 nitrogen and oxygen atoms in total. The third-order valence-corrected chi connectivity index (χ3v) is 2.68. The van der Waals surface area contributed by atoms with Gasteiger partial charge >= 0.3 is 0 Å². The van der Waals surface area contributed by atoms with Crippen LogP contribution in [0.1, 0.15) is 32.6 Å². The van der Waals surface area contributed by atoms with E-state index in [0.717, 1.165) is 32.8 Å². The molecule has 1 unspecified atom stereocenters. The Hall–Kier alpha value is -0.340. The highest BCUT2D eigenvalue weighted by Gasteiger charge is 2.17. The summed E-state index contributed by atoms with van der Waals surface area (Å²) in [5.41, 5.74) is 1.30. The first kappa shape index (κ1) is 11.7. The van der Waals surface area contributed by atoms with Gasteiger partial charge in [0.2, 0.25) is 0 Å². The summed E-state index contributed by atoms with van der Waals surface area (Å²) in [7, 11) is 0. The molecule has 1 rings (SSSR count). The lowest BCUT2D eigenvalue weighted by molar-refractivity contribution is 0.0313. The molecule has 0 spiro atoms. The summed E-state index contributed by atoms with van der Waals surface area (Å²) in [6.45, 7) is 9.57. The van der Waals surface area contributed by atoms with Crippen LogP contribution in [0.5, 0.6) is 0 Å². The molecule has 1 atom stereocenters. The number of hydrogen-bond acceptors (Lipinski definition) is 2. The Labute approximate surface area is 87.3 Å². The molecule has 1 heterocycles. The van der Waals surface area contributed by atoms with E-state index >= 15 is 0 Å². The Balaban J connectivity index is 2.02. The summed E-state index contributed by atoms with van der Waals surface area (Å²) < 4.78 is 11.0. The fraction of sp³-hybridized carbons (Fsp3) is 0.833. The van der Waals surface area contributed by atoms with Crippen molar-refractivity contribution < 1.29 is 9.47 Å². The molecule has 1 aliphatic rings. The van der Waals surface area contributed by atoms with Crippen LogP contribution < -0.4 is 0 Å². The SMILES string of the molecule is C=C1CCOCC1COCCCCC. The Morgan fingerprint density at radius 1 is 1.50 bits per heavy atom. The largest absolute Gasteiger partial charge is 0.381 e. The van der Waals surface area contributed by atoms with Crippen LogP contribution in [0.3, 0.4) is 0 Å². The molecule has 1 saturated heterocycles. The predicted octanol–water partition coefficient (Wildman–Crippen LogP) is 2.79. The summed E-state index contributed by atoms with van der Waals surface area (Å²) in [4.78, 5) is 0. The van der Waals surface area contributed by atoms with Crippen LogP contribution in [-0.2, 0) is 9.47 Å². The zero-order chi connectivity index (χ0) is 10.2. The van der Waals surface area contributed by atoms with Crippen molar-refractivity contribution in [2.45, 2.75) is 32.6 Å². The van der Waals surface area contributed by atoms with Gasteiger partial charge in [0, 0.05) is 12.5 Å². The van der Waals surface area contributed by atoms with Crippen molar-refractivity contribution in [1.82, 2.24) is 0 Å². The Kier molecular flexibility index (Phi) is 5.88. The molecular weight excluding hydrogens is 176 g/mol. The molecule has 14 heavy (non-hydrogen) atoms. The molecule has 0 amide bonds. The molecule has 0 bridgehead atoms. The van der Waals surface area contributed by atoms with Gasteiger partial charge < -0.3 is 9.47 Å². The van der Waals surface area contributed by atoms with Gasteiger partial charge in [-0.15, -0.1) is 0 Å². The third kappa shape index (κ3) is 4.25. The molecule has 0 aromatic heterocycles. The highest BCUT2D eigenvalue weighted by atomic mass is 16.5. The van der Waals surface area contributed by atoms with E-state index in [4.69, 9.17) is 9.47 Å². The molecule has 0 saturated carbocycles. The summed E-state index contributed by atoms with van der Waals surface area (Å²) >= 11 is 0. The van der Waals surface area contributed by atoms with Crippen LogP contribution in [0.15, 0.2) is 12.2 Å². The first-order valence-corrected chi connectivity index (χ1v) is 5.67. The van der Waals surface area contributed by atoms with Gasteiger partial charge in [-0.3, -0.25) is 0 Å². The summed E-state index contributed by atoms with van der Waals surface area (Å²) in [5, 5.41) is 0. The number of rotatable bonds is 6. The van der Waals surface area contributed by atoms with Gasteiger partial charge in [0.25, 0.3) is 0 Å². The molecule has 0 radical (unpaired) electrons. The molecule has 0 aromatic rings. The van der Waals surface area contributed by atoms with Crippen molar-refractivity contribution in [1.29, 1.82) is 0 Å². The van der Waals surface area contributed by atoms with E-state index in [1.807, 2.05) is 0 Å². The standard InChI is InChI=1S/C12H22O2/c1-3-4-5-7-13-9-12-10-14-8-6-11(12)2/h12H,2-10H2,1H3. The Morgan fingerprint density at radius 2 is 2.36 bits per heavy atom. The fourth-order valence-corrected chi connectivity index (χ4v) is 1.60. The smallest absolute Gasteiger partial charge is 0.0553 e. The topological polar surface area (TPSA) is 18.5 Å². The summed E-state index contributed by atoms with van der Waals surface area (Å²) in [6.07, 6.45) is 4.70. The fourth-order valence-electron chi connectivity index (χ4n) is 1.60. The molecule has 0 aromatic carbocycles. The number of hydrogen-bond donors (Lipinski definition) is 0. The lowest BCUT2D eigenvalue weighted by Gasteiger charge is -2.24. The second-order valence-corrected chi connectivity index (χ2v) is 3.96. The van der Waals surface area contributed by atoms with Gasteiger partial charge in [-0.25, -0.2) is 0 Å². The van der Waals surface area contributed by atoms with E-state index in [0.29, 0.717) is 5.92 Å². The van der Waals surface area contributed by atoms with Crippen molar-refractivity contribution in [3.05, 3.63) is 12.2 Å². The van der Waals surface area contributed by atoms with Crippen LogP contribution in [-0.4, -0.2) is 26.4 Å². The predicted molar refractivity (Wildman–Crippen MR) is 58.4 cm³/mol. The quantitative estimate of drug-likeness (QED) is 0.482. The van der Waals surface area contributed by atoms with E-state index in [9.17, 15) is 0 Å². The second kappa shape index (κ2) is 7.02. The van der Waals surface area contributed by atoms with Crippen LogP contribution in [0, 0.1) is 5.92 Å². The molecule has 0 aliphatic carbocycles. The molecule has 1 aliphatic heterocycles. The van der Waals surface area contributed by atoms with Gasteiger partial charge in [0.1, 0.15) is 0 Å². The highest BCUT2D eigenvalue weighted by molar-refractivity contribution is 5.02. The summed E-state index contributed by atoms with van der Waals surface area (Å²) in [6, 6.07) is 0. The Morgan fingerprint density at radius 3 is 3.07 bits per heavy atom. The van der Waals surface area contributed by atoms with E-state index in [2.05, 4.69) is 13.5 Å². The van der Waals surface area contributed by atoms with E-state index < -0.39 is 0 Å². The van der Waals surface area contributed by atoms with Gasteiger partial charge in [0.05, 0.1) is 19.8 Å². The maximum absolute atomic E-state index is 5.60. The average molecular weight is 198 g/mol. The van der Waals surface area contributed by atoms with E-state index in [1.54, 1.807) is 0 Å². The molecule has 2 heteroatoms. The van der Waals surface area contributed by atoms with Crippen molar-refractivity contribution in [3.63, 3.8) is 0 Å². The normalized spacial score (nSPS) is 22.6. The lowest BCUT2D eigenvalue weighted by Crippen LogP contribution is -2.24. The van der Waals surface area contributed by atoms with Crippen molar-refractivity contribution >= 4 is 0 Å². The molecular formula is C12H22O2. The van der Waals surface area contributed by atoms with Gasteiger partial charge in [-0.1, -0.05) is 31.9 Å². The Bertz CT molecular complexity index is 166. The summed E-state index contributed by atoms with van der Waals surface area (Å²) in [5.74, 6) is 0.436. The molecule has 82 valence electrons. The first-order valence-electron chi connectivity index (χ1n) is 5.67. The maximum atomic E-state index is 5.60. The molecule has 0 N–H and O–H groups in total. The van der Waals surface area contributed by atoms with Gasteiger partial charge in [-0.2, -0.15) is 0 Å². The number of ether oxygens (including phenoxy) is 2. The second-order valence-electron chi connectivity index (χ2n) is 3.96. The average Bonchev–Trinajstić information content (AvgIpc) is 2.20. The monoisotopic (exact) mass is 198 g/mol. The van der Waals surface area contributed by atoms with Crippen molar-refractivity contribution in [3.8, 4) is 0 Å². The molecule has 1 fully saturated rings. The van der Waals surface area contributed by atoms with Crippen LogP contribution in [0.2, 0.25) is 0 Å². The van der Waals surface area contributed by atoms with E-state index in [1.165, 1.54) is 24.8 Å². The minimum Gasteiger partial charge on any atom is -0.381 e. The van der Waals surface area contributed by atoms with Crippen LogP contribution in [0.25, 0.3) is 0 Å². The maximum Gasteiger partial charge on any atom is 0.0553 e. The van der Waals surface area contributed by atoms with Gasteiger partial charge in [-0.05, 0) is 12.8 Å². The van der Waals surface area contributed by atoms with E-state index in [-0.39, 0.29) is 0 Å². The van der Waals surface area contributed by atoms with Crippen molar-refractivity contribution in [2.75, 3.05) is 26.4 Å². The van der Waals surface area contributed by atoms with Crippen molar-refractivity contribution in [2.24, 2.45) is 5.92 Å². The highest BCUT2D eigenvalue weighted by Crippen LogP contribution is 2.19. The lowest BCUT2D eigenvalue weighted by atomic mass is 9.98. The number of unbranched alkanes of at least 4 members (excludes halogenated alkanes) is 2. The minimum atomic E-state index is 0.436. The third-order valence-electron chi connectivity index (χ3n) is 2.68. The van der Waals surface area contributed by atoms with Crippen LogP contribution >= 0.6 is 0 Å². The minimum absolute atomic E-state index is 0.436. The van der Waals surface area contributed by atoms with Gasteiger partial charge in [0.15, 0.2) is 0 Å². The van der Waals surface area contributed by atoms with Crippen LogP contribution in [0.4, 0.5) is 0 Å².